The van der Waals surface area contributed by atoms with Gasteiger partial charge in [0.1, 0.15) is 34.2 Å². The van der Waals surface area contributed by atoms with Gasteiger partial charge < -0.3 is 18.9 Å². The lowest BCUT2D eigenvalue weighted by Crippen LogP contribution is -2.18. The van der Waals surface area contributed by atoms with Crippen molar-refractivity contribution in [3.63, 3.8) is 0 Å². The number of carbonyl (C=O) groups is 2. The summed E-state index contributed by atoms with van der Waals surface area (Å²) in [5.74, 6) is 1.34. The molecule has 6 aromatic rings. The summed E-state index contributed by atoms with van der Waals surface area (Å²) in [4.78, 5) is 35.1. The molecule has 0 amide bonds. The summed E-state index contributed by atoms with van der Waals surface area (Å²) in [6, 6.07) is 27.9. The Bertz CT molecular complexity index is 2500. The fraction of sp³-hybridized carbons (Fsp3) is 0.389. The summed E-state index contributed by atoms with van der Waals surface area (Å²) in [5.41, 5.74) is 6.10. The monoisotopic (exact) mass is 896 g/mol. The molecule has 0 aliphatic rings. The number of hydrazone groups is 1. The van der Waals surface area contributed by atoms with E-state index < -0.39 is 0 Å². The second-order valence-electron chi connectivity index (χ2n) is 16.7. The van der Waals surface area contributed by atoms with E-state index in [1.807, 2.05) is 79.5 Å². The van der Waals surface area contributed by atoms with Gasteiger partial charge in [-0.25, -0.2) is 19.8 Å². The number of nitrogens with zero attached hydrogens (tertiary/aromatic N) is 4. The molecule has 2 heterocycles. The van der Waals surface area contributed by atoms with Crippen molar-refractivity contribution >= 4 is 55.7 Å². The van der Waals surface area contributed by atoms with Crippen molar-refractivity contribution in [3.05, 3.63) is 131 Å². The van der Waals surface area contributed by atoms with Crippen LogP contribution < -0.4 is 19.2 Å². The van der Waals surface area contributed by atoms with E-state index in [0.717, 1.165) is 85.0 Å². The summed E-state index contributed by atoms with van der Waals surface area (Å²) in [6.07, 6.45) is 17.5. The number of rotatable bonds is 27. The molecule has 0 bridgehead atoms. The number of pyridine rings is 1. The van der Waals surface area contributed by atoms with Crippen LogP contribution in [0.25, 0.3) is 21.1 Å². The molecular formula is C54H64N4O6S. The number of unbranched alkanes of at least 4 members (excludes halogenated alkanes) is 9. The van der Waals surface area contributed by atoms with Crippen LogP contribution in [-0.2, 0) is 27.4 Å². The predicted molar refractivity (Wildman–Crippen MR) is 265 cm³/mol. The molecule has 342 valence electrons. The predicted octanol–water partition coefficient (Wildman–Crippen LogP) is 13.2. The highest BCUT2D eigenvalue weighted by molar-refractivity contribution is 7.21. The molecule has 0 unspecified atom stereocenters. The molecule has 0 atom stereocenters. The second-order valence-corrected chi connectivity index (χ2v) is 17.7. The first-order chi connectivity index (χ1) is 31.6. The van der Waals surface area contributed by atoms with Crippen molar-refractivity contribution in [2.45, 2.75) is 118 Å². The Morgan fingerprint density at radius 2 is 1.52 bits per heavy atom. The third-order valence-corrected chi connectivity index (χ3v) is 12.1. The van der Waals surface area contributed by atoms with Gasteiger partial charge in [-0.15, -0.1) is 0 Å². The van der Waals surface area contributed by atoms with Crippen LogP contribution in [0.5, 0.6) is 17.2 Å². The van der Waals surface area contributed by atoms with Crippen LogP contribution in [0.1, 0.15) is 119 Å². The molecule has 0 fully saturated rings. The number of thiazole rings is 1. The van der Waals surface area contributed by atoms with Crippen molar-refractivity contribution < 1.29 is 28.5 Å². The largest absolute Gasteiger partial charge is 0.493 e. The fourth-order valence-corrected chi connectivity index (χ4v) is 8.31. The molecule has 0 aliphatic carbocycles. The molecule has 0 radical (unpaired) electrons. The first kappa shape index (κ1) is 48.4. The number of anilines is 1. The Balaban J connectivity index is 0.988. The van der Waals surface area contributed by atoms with Crippen LogP contribution in [0.2, 0.25) is 0 Å². The molecule has 0 N–H and O–H groups in total. The van der Waals surface area contributed by atoms with Crippen molar-refractivity contribution in [3.8, 4) is 17.2 Å². The van der Waals surface area contributed by atoms with Crippen molar-refractivity contribution in [1.82, 2.24) is 9.97 Å². The highest BCUT2D eigenvalue weighted by Crippen LogP contribution is 2.29. The van der Waals surface area contributed by atoms with Gasteiger partial charge in [0.2, 0.25) is 5.13 Å². The lowest BCUT2D eigenvalue weighted by Gasteiger charge is -2.16. The zero-order valence-electron chi connectivity index (χ0n) is 38.6. The summed E-state index contributed by atoms with van der Waals surface area (Å²) in [5, 5.41) is 9.85. The first-order valence-electron chi connectivity index (χ1n) is 23.2. The minimum atomic E-state index is -0.384. The molecular weight excluding hydrogens is 833 g/mol. The van der Waals surface area contributed by atoms with Crippen molar-refractivity contribution in [1.29, 1.82) is 0 Å². The molecule has 6 rings (SSSR count). The third-order valence-electron chi connectivity index (χ3n) is 11.1. The van der Waals surface area contributed by atoms with E-state index in [4.69, 9.17) is 29.0 Å². The van der Waals surface area contributed by atoms with E-state index in [0.29, 0.717) is 37.4 Å². The van der Waals surface area contributed by atoms with Gasteiger partial charge in [-0.05, 0) is 110 Å². The Kier molecular flexibility index (Phi) is 18.9. The Labute approximate surface area is 388 Å². The number of aromatic nitrogens is 2. The molecule has 0 saturated heterocycles. The van der Waals surface area contributed by atoms with E-state index in [2.05, 4.69) is 42.8 Å². The number of aryl methyl sites for hydroxylation is 3. The lowest BCUT2D eigenvalue weighted by atomic mass is 10.1. The fourth-order valence-electron chi connectivity index (χ4n) is 7.41. The molecule has 0 aliphatic heterocycles. The van der Waals surface area contributed by atoms with Crippen LogP contribution >= 0.6 is 11.3 Å². The highest BCUT2D eigenvalue weighted by atomic mass is 32.1. The van der Waals surface area contributed by atoms with Crippen LogP contribution in [-0.4, -0.2) is 47.9 Å². The maximum absolute atomic E-state index is 13.3. The van der Waals surface area contributed by atoms with Gasteiger partial charge in [0.05, 0.1) is 19.4 Å². The number of carbonyl (C=O) groups excluding carboxylic acids is 2. The summed E-state index contributed by atoms with van der Waals surface area (Å²) < 4.78 is 23.2. The van der Waals surface area contributed by atoms with E-state index in [9.17, 15) is 9.59 Å². The summed E-state index contributed by atoms with van der Waals surface area (Å²) in [6.45, 7) is 13.4. The van der Waals surface area contributed by atoms with Gasteiger partial charge in [-0.3, -0.25) is 4.79 Å². The van der Waals surface area contributed by atoms with Crippen LogP contribution in [0.4, 0.5) is 5.13 Å². The molecule has 0 saturated carbocycles. The van der Waals surface area contributed by atoms with E-state index >= 15 is 0 Å². The van der Waals surface area contributed by atoms with E-state index in [1.165, 1.54) is 62.7 Å². The smallest absolute Gasteiger partial charge is 0.333 e. The zero-order valence-corrected chi connectivity index (χ0v) is 39.4. The van der Waals surface area contributed by atoms with Gasteiger partial charge in [0, 0.05) is 36.7 Å². The second kappa shape index (κ2) is 25.4. The van der Waals surface area contributed by atoms with Gasteiger partial charge in [-0.2, -0.15) is 5.10 Å². The normalized spacial score (nSPS) is 11.3. The average molecular weight is 897 g/mol. The highest BCUT2D eigenvalue weighted by Gasteiger charge is 2.15. The van der Waals surface area contributed by atoms with Gasteiger partial charge in [-0.1, -0.05) is 125 Å². The number of benzene rings is 4. The number of esters is 2. The van der Waals surface area contributed by atoms with Gasteiger partial charge in [0.25, 0.3) is 0 Å². The van der Waals surface area contributed by atoms with Crippen molar-refractivity contribution in [2.75, 3.05) is 24.8 Å². The molecule has 4 aromatic carbocycles. The van der Waals surface area contributed by atoms with Crippen LogP contribution in [0.15, 0.2) is 108 Å². The van der Waals surface area contributed by atoms with Crippen LogP contribution in [0.3, 0.4) is 0 Å². The third kappa shape index (κ3) is 15.6. The van der Waals surface area contributed by atoms with Gasteiger partial charge in [0.15, 0.2) is 0 Å². The number of hydrogen-bond acceptors (Lipinski definition) is 11. The Morgan fingerprint density at radius 3 is 2.29 bits per heavy atom. The number of hydrogen-bond donors (Lipinski definition) is 0. The van der Waals surface area contributed by atoms with Crippen molar-refractivity contribution in [2.24, 2.45) is 5.10 Å². The first-order valence-corrected chi connectivity index (χ1v) is 24.0. The molecule has 10 nitrogen and oxygen atoms in total. The molecule has 65 heavy (non-hydrogen) atoms. The SMILES string of the molecule is C=C(C)C(=O)OCCCOc1ccc2cc(COc3ccc(CCC(=O)Oc4ccc(C)cc4/C=N/N(CCCCCCCCCCCC)c4nc5cccnc5s4)cc3C)ccc2c1. The summed E-state index contributed by atoms with van der Waals surface area (Å²) >= 11 is 1.53. The minimum absolute atomic E-state index is 0.225. The number of fused-ring (bicyclic) bond motifs is 2. The standard InChI is InChI=1S/C54H64N4O6S/c1-6-7-8-9-10-11-12-13-14-15-30-58(54-57-48-18-16-29-55-52(48)65-54)56-37-46-33-40(4)19-26-50(46)64-51(59)28-22-42-21-27-49(41(5)34-42)63-38-43-20-23-45-36-47(25-24-44(45)35-43)61-31-17-32-62-53(60)39(2)3/h16,18-21,23-27,29,33-37H,2,6-15,17,22,28,30-32,38H2,1,3-5H3/b56-37+. The lowest BCUT2D eigenvalue weighted by molar-refractivity contribution is -0.139. The number of ether oxygens (including phenoxy) is 4. The van der Waals surface area contributed by atoms with E-state index in [-0.39, 0.29) is 25.0 Å². The maximum Gasteiger partial charge on any atom is 0.333 e. The minimum Gasteiger partial charge on any atom is -0.493 e. The maximum atomic E-state index is 13.3. The summed E-state index contributed by atoms with van der Waals surface area (Å²) in [7, 11) is 0. The molecule has 11 heteroatoms. The topological polar surface area (TPSA) is 112 Å². The Hall–Kier alpha value is -6.07. The Morgan fingerprint density at radius 1 is 0.785 bits per heavy atom. The molecule has 0 spiro atoms. The molecule has 2 aromatic heterocycles. The van der Waals surface area contributed by atoms with Gasteiger partial charge >= 0.3 is 11.9 Å². The van der Waals surface area contributed by atoms with E-state index in [1.54, 1.807) is 19.3 Å². The average Bonchev–Trinajstić information content (AvgIpc) is 3.74. The zero-order chi connectivity index (χ0) is 45.8. The van der Waals surface area contributed by atoms with Crippen LogP contribution in [0, 0.1) is 13.8 Å². The quantitative estimate of drug-likeness (QED) is 0.0125.